The van der Waals surface area contributed by atoms with Crippen molar-refractivity contribution in [2.24, 2.45) is 0 Å². The van der Waals surface area contributed by atoms with E-state index in [0.717, 1.165) is 28.3 Å². The lowest BCUT2D eigenvalue weighted by molar-refractivity contribution is -0.139. The molecule has 0 radical (unpaired) electrons. The fourth-order valence-electron chi connectivity index (χ4n) is 2.08. The van der Waals surface area contributed by atoms with Gasteiger partial charge in [-0.15, -0.1) is 0 Å². The molecule has 0 heterocycles. The van der Waals surface area contributed by atoms with Crippen LogP contribution in [0.2, 0.25) is 0 Å². The highest BCUT2D eigenvalue weighted by atomic mass is 16.6. The maximum absolute atomic E-state index is 10.8. The van der Waals surface area contributed by atoms with Gasteiger partial charge in [-0.2, -0.15) is 0 Å². The normalized spacial score (nSPS) is 10.3. The number of rotatable bonds is 9. The molecule has 5 heteroatoms. The van der Waals surface area contributed by atoms with Crippen molar-refractivity contribution in [2.45, 2.75) is 0 Å². The van der Waals surface area contributed by atoms with Crippen LogP contribution in [0.15, 0.2) is 49.1 Å². The van der Waals surface area contributed by atoms with Crippen molar-refractivity contribution in [1.82, 2.24) is 0 Å². The molecule has 0 aromatic heterocycles. The fourth-order valence-corrected chi connectivity index (χ4v) is 2.08. The molecule has 0 aliphatic heterocycles. The zero-order chi connectivity index (χ0) is 16.5. The van der Waals surface area contributed by atoms with E-state index in [0.29, 0.717) is 19.8 Å². The van der Waals surface area contributed by atoms with Gasteiger partial charge in [-0.1, -0.05) is 18.7 Å². The summed E-state index contributed by atoms with van der Waals surface area (Å²) in [4.78, 5) is 10.8. The van der Waals surface area contributed by atoms with Crippen LogP contribution in [0.1, 0.15) is 0 Å². The molecule has 23 heavy (non-hydrogen) atoms. The van der Waals surface area contributed by atoms with E-state index in [9.17, 15) is 4.79 Å². The molecule has 0 N–H and O–H groups in total. The molecule has 122 valence electrons. The number of carbonyl (C=O) groups excluding carboxylic acids is 1. The van der Waals surface area contributed by atoms with Crippen LogP contribution >= 0.6 is 0 Å². The molecule has 0 aliphatic carbocycles. The number of esters is 1. The largest absolute Gasteiger partial charge is 0.496 e. The summed E-state index contributed by atoms with van der Waals surface area (Å²) in [6.07, 6.45) is 1.12. The van der Waals surface area contributed by atoms with Crippen molar-refractivity contribution < 1.29 is 23.7 Å². The average Bonchev–Trinajstić information content (AvgIpc) is 2.59. The van der Waals surface area contributed by atoms with Crippen molar-refractivity contribution in [2.75, 3.05) is 33.5 Å². The molecule has 5 nitrogen and oxygen atoms in total. The number of hydrogen-bond acceptors (Lipinski definition) is 5. The highest BCUT2D eigenvalue weighted by molar-refractivity contribution is 5.89. The number of ether oxygens (including phenoxy) is 4. The van der Waals surface area contributed by atoms with E-state index < -0.39 is 5.97 Å². The third-order valence-corrected chi connectivity index (χ3v) is 3.17. The van der Waals surface area contributed by atoms with E-state index in [4.69, 9.17) is 18.9 Å². The summed E-state index contributed by atoms with van der Waals surface area (Å²) in [5.74, 6) is 1.16. The first-order valence-electron chi connectivity index (χ1n) is 7.31. The maximum Gasteiger partial charge on any atom is 0.330 e. The Balaban J connectivity index is 1.75. The minimum atomic E-state index is -0.448. The Hall–Kier alpha value is -2.53. The molecular weight excluding hydrogens is 296 g/mol. The molecule has 2 aromatic rings. The lowest BCUT2D eigenvalue weighted by Crippen LogP contribution is -2.12. The minimum absolute atomic E-state index is 0.209. The first kappa shape index (κ1) is 16.8. The molecule has 2 aromatic carbocycles. The molecule has 0 bridgehead atoms. The van der Waals surface area contributed by atoms with Crippen molar-refractivity contribution in [3.8, 4) is 11.5 Å². The van der Waals surface area contributed by atoms with Crippen LogP contribution < -0.4 is 9.47 Å². The molecule has 0 saturated carbocycles. The van der Waals surface area contributed by atoms with Crippen LogP contribution in [-0.2, 0) is 14.3 Å². The summed E-state index contributed by atoms with van der Waals surface area (Å²) < 4.78 is 21.1. The highest BCUT2D eigenvalue weighted by Gasteiger charge is 2.02. The van der Waals surface area contributed by atoms with Gasteiger partial charge < -0.3 is 18.9 Å². The van der Waals surface area contributed by atoms with Gasteiger partial charge in [-0.05, 0) is 29.7 Å². The molecular formula is C18H20O5. The predicted molar refractivity (Wildman–Crippen MR) is 88.0 cm³/mol. The van der Waals surface area contributed by atoms with Gasteiger partial charge in [0.2, 0.25) is 0 Å². The van der Waals surface area contributed by atoms with E-state index in [1.165, 1.54) is 0 Å². The zero-order valence-electron chi connectivity index (χ0n) is 13.1. The summed E-state index contributed by atoms with van der Waals surface area (Å²) in [5.41, 5.74) is 0. The van der Waals surface area contributed by atoms with Gasteiger partial charge in [0.25, 0.3) is 0 Å². The fraction of sp³-hybridized carbons (Fsp3) is 0.278. The quantitative estimate of drug-likeness (QED) is 0.404. The number of methoxy groups -OCH3 is 1. The number of hydrogen-bond donors (Lipinski definition) is 0. The second-order valence-electron chi connectivity index (χ2n) is 4.68. The summed E-state index contributed by atoms with van der Waals surface area (Å²) >= 11 is 0. The summed E-state index contributed by atoms with van der Waals surface area (Å²) in [7, 11) is 1.66. The molecule has 2 rings (SSSR count). The van der Waals surface area contributed by atoms with Crippen molar-refractivity contribution >= 4 is 16.7 Å². The zero-order valence-corrected chi connectivity index (χ0v) is 13.1. The van der Waals surface area contributed by atoms with Crippen molar-refractivity contribution in [1.29, 1.82) is 0 Å². The third-order valence-electron chi connectivity index (χ3n) is 3.17. The molecule has 0 amide bonds. The Morgan fingerprint density at radius 1 is 1.13 bits per heavy atom. The van der Waals surface area contributed by atoms with Gasteiger partial charge in [-0.25, -0.2) is 4.79 Å². The first-order chi connectivity index (χ1) is 11.2. The van der Waals surface area contributed by atoms with Gasteiger partial charge in [0.1, 0.15) is 24.7 Å². The first-order valence-corrected chi connectivity index (χ1v) is 7.31. The van der Waals surface area contributed by atoms with Gasteiger partial charge in [0.05, 0.1) is 20.3 Å². The number of fused-ring (bicyclic) bond motifs is 1. The van der Waals surface area contributed by atoms with Crippen LogP contribution in [0.5, 0.6) is 11.5 Å². The highest BCUT2D eigenvalue weighted by Crippen LogP contribution is 2.28. The number of benzene rings is 2. The van der Waals surface area contributed by atoms with E-state index in [1.54, 1.807) is 7.11 Å². The second-order valence-corrected chi connectivity index (χ2v) is 4.68. The smallest absolute Gasteiger partial charge is 0.330 e. The second kappa shape index (κ2) is 8.80. The van der Waals surface area contributed by atoms with E-state index >= 15 is 0 Å². The molecule has 0 atom stereocenters. The molecule has 0 unspecified atom stereocenters. The lowest BCUT2D eigenvalue weighted by atomic mass is 10.1. The average molecular weight is 316 g/mol. The van der Waals surface area contributed by atoms with Gasteiger partial charge in [0, 0.05) is 11.5 Å². The summed E-state index contributed by atoms with van der Waals surface area (Å²) in [6, 6.07) is 11.7. The topological polar surface area (TPSA) is 54.0 Å². The van der Waals surface area contributed by atoms with Gasteiger partial charge in [-0.3, -0.25) is 0 Å². The van der Waals surface area contributed by atoms with Crippen molar-refractivity contribution in [3.63, 3.8) is 0 Å². The van der Waals surface area contributed by atoms with Crippen LogP contribution in [0.4, 0.5) is 0 Å². The number of carbonyl (C=O) groups is 1. The summed E-state index contributed by atoms with van der Waals surface area (Å²) in [5, 5.41) is 2.10. The van der Waals surface area contributed by atoms with E-state index in [-0.39, 0.29) is 6.61 Å². The predicted octanol–water partition coefficient (Wildman–Crippen LogP) is 2.97. The Morgan fingerprint density at radius 2 is 1.96 bits per heavy atom. The Morgan fingerprint density at radius 3 is 2.74 bits per heavy atom. The Bertz CT molecular complexity index is 666. The monoisotopic (exact) mass is 316 g/mol. The van der Waals surface area contributed by atoms with Crippen molar-refractivity contribution in [3.05, 3.63) is 49.1 Å². The lowest BCUT2D eigenvalue weighted by Gasteiger charge is -2.09. The van der Waals surface area contributed by atoms with E-state index in [2.05, 4.69) is 6.58 Å². The van der Waals surface area contributed by atoms with Crippen LogP contribution in [0.3, 0.4) is 0 Å². The van der Waals surface area contributed by atoms with Crippen LogP contribution in [-0.4, -0.2) is 39.5 Å². The molecule has 0 fully saturated rings. The molecule has 0 saturated heterocycles. The Labute approximate surface area is 135 Å². The molecule has 0 spiro atoms. The SMILES string of the molecule is C=CC(=O)OCCOCCOc1ccc2c(OC)cccc2c1. The summed E-state index contributed by atoms with van der Waals surface area (Å²) in [6.45, 7) is 4.69. The third kappa shape index (κ3) is 5.00. The van der Waals surface area contributed by atoms with Crippen LogP contribution in [0.25, 0.3) is 10.8 Å². The molecule has 0 aliphatic rings. The van der Waals surface area contributed by atoms with Gasteiger partial charge >= 0.3 is 5.97 Å². The maximum atomic E-state index is 10.8. The minimum Gasteiger partial charge on any atom is -0.496 e. The standard InChI is InChI=1S/C18H20O5/c1-3-18(19)23-12-10-21-9-11-22-15-7-8-16-14(13-15)5-4-6-17(16)20-2/h3-8,13H,1,9-12H2,2H3. The Kier molecular flexibility index (Phi) is 6.44. The van der Waals surface area contributed by atoms with Crippen LogP contribution in [0, 0.1) is 0 Å². The van der Waals surface area contributed by atoms with Gasteiger partial charge in [0.15, 0.2) is 0 Å². The van der Waals surface area contributed by atoms with E-state index in [1.807, 2.05) is 36.4 Å².